The monoisotopic (exact) mass is 198 g/mol. The standard InChI is InChI=1S/C10H14O2S/c1-10(2,12-3)6-8-4-5-9(7-11)13-8/h4-5,7H,6H2,1-3H3. The van der Waals surface area contributed by atoms with E-state index in [2.05, 4.69) is 0 Å². The van der Waals surface area contributed by atoms with Gasteiger partial charge in [0.05, 0.1) is 10.5 Å². The quantitative estimate of drug-likeness (QED) is 0.695. The van der Waals surface area contributed by atoms with Crippen molar-refractivity contribution >= 4 is 17.6 Å². The van der Waals surface area contributed by atoms with E-state index in [-0.39, 0.29) is 5.60 Å². The van der Waals surface area contributed by atoms with E-state index in [4.69, 9.17) is 4.74 Å². The highest BCUT2D eigenvalue weighted by Gasteiger charge is 2.17. The topological polar surface area (TPSA) is 26.3 Å². The normalized spacial score (nSPS) is 11.6. The number of methoxy groups -OCH3 is 1. The van der Waals surface area contributed by atoms with Crippen molar-refractivity contribution in [3.8, 4) is 0 Å². The van der Waals surface area contributed by atoms with Crippen LogP contribution in [-0.2, 0) is 11.2 Å². The van der Waals surface area contributed by atoms with Gasteiger partial charge in [0.25, 0.3) is 0 Å². The van der Waals surface area contributed by atoms with Crippen LogP contribution in [0.25, 0.3) is 0 Å². The van der Waals surface area contributed by atoms with Gasteiger partial charge in [-0.25, -0.2) is 0 Å². The molecule has 0 aromatic carbocycles. The molecule has 0 spiro atoms. The lowest BCUT2D eigenvalue weighted by Crippen LogP contribution is -2.24. The van der Waals surface area contributed by atoms with Gasteiger partial charge >= 0.3 is 0 Å². The zero-order valence-electron chi connectivity index (χ0n) is 8.16. The number of thiophene rings is 1. The van der Waals surface area contributed by atoms with Crippen LogP contribution in [0.15, 0.2) is 12.1 Å². The predicted molar refractivity (Wildman–Crippen MR) is 54.5 cm³/mol. The molecule has 0 atom stereocenters. The molecule has 0 N–H and O–H groups in total. The van der Waals surface area contributed by atoms with E-state index in [1.54, 1.807) is 7.11 Å². The van der Waals surface area contributed by atoms with Crippen LogP contribution >= 0.6 is 11.3 Å². The van der Waals surface area contributed by atoms with Gasteiger partial charge in [-0.05, 0) is 26.0 Å². The molecule has 2 nitrogen and oxygen atoms in total. The van der Waals surface area contributed by atoms with Gasteiger partial charge in [-0.15, -0.1) is 11.3 Å². The molecule has 1 aromatic rings. The Balaban J connectivity index is 2.69. The van der Waals surface area contributed by atoms with E-state index in [1.807, 2.05) is 26.0 Å². The molecule has 1 aromatic heterocycles. The Bertz CT molecular complexity index is 289. The molecule has 0 unspecified atom stereocenters. The molecule has 0 saturated heterocycles. The summed E-state index contributed by atoms with van der Waals surface area (Å²) >= 11 is 1.53. The maximum Gasteiger partial charge on any atom is 0.160 e. The highest BCUT2D eigenvalue weighted by Crippen LogP contribution is 2.22. The first kappa shape index (κ1) is 10.4. The van der Waals surface area contributed by atoms with Gasteiger partial charge in [-0.2, -0.15) is 0 Å². The molecular formula is C10H14O2S. The molecule has 0 radical (unpaired) electrons. The average Bonchev–Trinajstić information content (AvgIpc) is 2.52. The zero-order chi connectivity index (χ0) is 9.90. The number of ether oxygens (including phenoxy) is 1. The summed E-state index contributed by atoms with van der Waals surface area (Å²) in [7, 11) is 1.70. The Labute approximate surface area is 82.5 Å². The van der Waals surface area contributed by atoms with Crippen molar-refractivity contribution in [2.75, 3.05) is 7.11 Å². The van der Waals surface area contributed by atoms with Crippen LogP contribution in [0, 0.1) is 0 Å². The van der Waals surface area contributed by atoms with E-state index in [1.165, 1.54) is 16.2 Å². The van der Waals surface area contributed by atoms with E-state index in [0.717, 1.165) is 17.6 Å². The van der Waals surface area contributed by atoms with Crippen molar-refractivity contribution in [2.45, 2.75) is 25.9 Å². The predicted octanol–water partition coefficient (Wildman–Crippen LogP) is 2.53. The largest absolute Gasteiger partial charge is 0.378 e. The second kappa shape index (κ2) is 4.03. The molecule has 0 fully saturated rings. The summed E-state index contributed by atoms with van der Waals surface area (Å²) in [6.45, 7) is 4.07. The summed E-state index contributed by atoms with van der Waals surface area (Å²) in [6, 6.07) is 3.83. The van der Waals surface area contributed by atoms with E-state index in [0.29, 0.717) is 0 Å². The summed E-state index contributed by atoms with van der Waals surface area (Å²) in [5.74, 6) is 0. The Kier molecular flexibility index (Phi) is 3.22. The minimum atomic E-state index is -0.148. The third-order valence-corrected chi connectivity index (χ3v) is 2.96. The molecule has 0 amide bonds. The fraction of sp³-hybridized carbons (Fsp3) is 0.500. The van der Waals surface area contributed by atoms with Crippen LogP contribution in [-0.4, -0.2) is 19.0 Å². The first-order valence-corrected chi connectivity index (χ1v) is 4.98. The van der Waals surface area contributed by atoms with Gasteiger partial charge in [-0.3, -0.25) is 4.79 Å². The molecule has 3 heteroatoms. The van der Waals surface area contributed by atoms with Gasteiger partial charge in [0.2, 0.25) is 0 Å². The molecule has 0 aliphatic heterocycles. The fourth-order valence-electron chi connectivity index (χ4n) is 1.04. The number of carbonyl (C=O) groups is 1. The average molecular weight is 198 g/mol. The van der Waals surface area contributed by atoms with Crippen LogP contribution in [0.1, 0.15) is 28.4 Å². The van der Waals surface area contributed by atoms with Crippen molar-refractivity contribution in [3.05, 3.63) is 21.9 Å². The Morgan fingerprint density at radius 2 is 2.23 bits per heavy atom. The van der Waals surface area contributed by atoms with Crippen LogP contribution < -0.4 is 0 Å². The molecule has 0 bridgehead atoms. The minimum absolute atomic E-state index is 0.148. The molecule has 72 valence electrons. The smallest absolute Gasteiger partial charge is 0.160 e. The highest BCUT2D eigenvalue weighted by molar-refractivity contribution is 7.13. The second-order valence-electron chi connectivity index (χ2n) is 3.56. The third kappa shape index (κ3) is 2.94. The fourth-order valence-corrected chi connectivity index (χ4v) is 2.09. The van der Waals surface area contributed by atoms with Crippen LogP contribution in [0.3, 0.4) is 0 Å². The zero-order valence-corrected chi connectivity index (χ0v) is 8.98. The van der Waals surface area contributed by atoms with Crippen molar-refractivity contribution in [1.29, 1.82) is 0 Å². The van der Waals surface area contributed by atoms with Crippen LogP contribution in [0.5, 0.6) is 0 Å². The molecule has 1 rings (SSSR count). The van der Waals surface area contributed by atoms with Crippen molar-refractivity contribution in [1.82, 2.24) is 0 Å². The van der Waals surface area contributed by atoms with E-state index < -0.39 is 0 Å². The third-order valence-electron chi connectivity index (χ3n) is 1.95. The lowest BCUT2D eigenvalue weighted by Gasteiger charge is -2.21. The SMILES string of the molecule is COC(C)(C)Cc1ccc(C=O)s1. The first-order chi connectivity index (χ1) is 6.07. The highest BCUT2D eigenvalue weighted by atomic mass is 32.1. The molecule has 13 heavy (non-hydrogen) atoms. The van der Waals surface area contributed by atoms with Crippen molar-refractivity contribution in [2.24, 2.45) is 0 Å². The molecule has 0 aliphatic rings. The van der Waals surface area contributed by atoms with Crippen LogP contribution in [0.4, 0.5) is 0 Å². The summed E-state index contributed by atoms with van der Waals surface area (Å²) in [5.41, 5.74) is -0.148. The Morgan fingerprint density at radius 3 is 2.69 bits per heavy atom. The summed E-state index contributed by atoms with van der Waals surface area (Å²) in [6.07, 6.45) is 1.73. The van der Waals surface area contributed by atoms with Gasteiger partial charge in [0.1, 0.15) is 0 Å². The molecule has 0 saturated carbocycles. The first-order valence-electron chi connectivity index (χ1n) is 4.16. The van der Waals surface area contributed by atoms with Gasteiger partial charge in [0, 0.05) is 18.4 Å². The minimum Gasteiger partial charge on any atom is -0.378 e. The number of hydrogen-bond acceptors (Lipinski definition) is 3. The van der Waals surface area contributed by atoms with Gasteiger partial charge < -0.3 is 4.74 Å². The number of aldehydes is 1. The summed E-state index contributed by atoms with van der Waals surface area (Å²) in [5, 5.41) is 0. The second-order valence-corrected chi connectivity index (χ2v) is 4.76. The summed E-state index contributed by atoms with van der Waals surface area (Å²) in [4.78, 5) is 12.4. The Hall–Kier alpha value is -0.670. The van der Waals surface area contributed by atoms with Gasteiger partial charge in [-0.1, -0.05) is 0 Å². The van der Waals surface area contributed by atoms with E-state index in [9.17, 15) is 4.79 Å². The Morgan fingerprint density at radius 1 is 1.54 bits per heavy atom. The maximum atomic E-state index is 10.4. The lowest BCUT2D eigenvalue weighted by atomic mass is 10.0. The van der Waals surface area contributed by atoms with Crippen molar-refractivity contribution < 1.29 is 9.53 Å². The van der Waals surface area contributed by atoms with Crippen LogP contribution in [0.2, 0.25) is 0 Å². The van der Waals surface area contributed by atoms with E-state index >= 15 is 0 Å². The maximum absolute atomic E-state index is 10.4. The number of rotatable bonds is 4. The lowest BCUT2D eigenvalue weighted by molar-refractivity contribution is 0.0238. The number of hydrogen-bond donors (Lipinski definition) is 0. The van der Waals surface area contributed by atoms with Gasteiger partial charge in [0.15, 0.2) is 6.29 Å². The van der Waals surface area contributed by atoms with Crippen molar-refractivity contribution in [3.63, 3.8) is 0 Å². The molecule has 0 aliphatic carbocycles. The summed E-state index contributed by atoms with van der Waals surface area (Å²) < 4.78 is 5.30. The molecule has 1 heterocycles. The molecular weight excluding hydrogens is 184 g/mol. The number of carbonyl (C=O) groups excluding carboxylic acids is 1.